The Hall–Kier alpha value is -1.90. The second kappa shape index (κ2) is 5.00. The third-order valence-corrected chi connectivity index (χ3v) is 3.59. The molecule has 2 aromatic carbocycles. The summed E-state index contributed by atoms with van der Waals surface area (Å²) in [5.74, 6) is -0.957. The van der Waals surface area contributed by atoms with Gasteiger partial charge in [-0.1, -0.05) is 24.3 Å². The predicted molar refractivity (Wildman–Crippen MR) is 72.4 cm³/mol. The van der Waals surface area contributed by atoms with Gasteiger partial charge in [0.1, 0.15) is 11.6 Å². The van der Waals surface area contributed by atoms with Gasteiger partial charge in [0.25, 0.3) is 0 Å². The van der Waals surface area contributed by atoms with Crippen molar-refractivity contribution in [3.8, 4) is 0 Å². The minimum absolute atomic E-state index is 0.142. The van der Waals surface area contributed by atoms with E-state index in [-0.39, 0.29) is 12.0 Å². The molecule has 0 spiro atoms. The fourth-order valence-corrected chi connectivity index (χ4v) is 2.62. The van der Waals surface area contributed by atoms with Gasteiger partial charge in [0.15, 0.2) is 0 Å². The summed E-state index contributed by atoms with van der Waals surface area (Å²) < 4.78 is 27.4. The van der Waals surface area contributed by atoms with Gasteiger partial charge in [0.2, 0.25) is 0 Å². The second-order valence-corrected chi connectivity index (χ2v) is 4.86. The largest absolute Gasteiger partial charge is 0.385 e. The van der Waals surface area contributed by atoms with Crippen molar-refractivity contribution in [2.24, 2.45) is 0 Å². The van der Waals surface area contributed by atoms with Gasteiger partial charge < -0.3 is 5.32 Å². The molecule has 19 heavy (non-hydrogen) atoms. The number of anilines is 1. The van der Waals surface area contributed by atoms with Crippen LogP contribution in [0.2, 0.25) is 0 Å². The van der Waals surface area contributed by atoms with Crippen molar-refractivity contribution in [1.29, 1.82) is 0 Å². The van der Waals surface area contributed by atoms with Gasteiger partial charge in [-0.2, -0.15) is 0 Å². The standard InChI is InChI=1S/C16H15F2N/c17-14-7-2-8-15(18)13(14)10-12-5-1-4-11-6-3-9-19-16(11)12/h1-2,4-5,7-8,19H,3,6,9-10H2. The fourth-order valence-electron chi connectivity index (χ4n) is 2.62. The monoisotopic (exact) mass is 259 g/mol. The van der Waals surface area contributed by atoms with E-state index in [1.54, 1.807) is 0 Å². The first kappa shape index (κ1) is 12.2. The maximum Gasteiger partial charge on any atom is 0.129 e. The molecule has 0 saturated heterocycles. The molecule has 1 nitrogen and oxygen atoms in total. The van der Waals surface area contributed by atoms with Crippen LogP contribution >= 0.6 is 0 Å². The Morgan fingerprint density at radius 2 is 1.74 bits per heavy atom. The lowest BCUT2D eigenvalue weighted by Gasteiger charge is -2.21. The number of hydrogen-bond acceptors (Lipinski definition) is 1. The van der Waals surface area contributed by atoms with Gasteiger partial charge in [-0.15, -0.1) is 0 Å². The molecule has 0 radical (unpaired) electrons. The van der Waals surface area contributed by atoms with Crippen molar-refractivity contribution in [1.82, 2.24) is 0 Å². The lowest BCUT2D eigenvalue weighted by molar-refractivity contribution is 0.561. The van der Waals surface area contributed by atoms with E-state index < -0.39 is 11.6 Å². The Balaban J connectivity index is 2.00. The molecule has 1 heterocycles. The number of aryl methyl sites for hydroxylation is 1. The van der Waals surface area contributed by atoms with Crippen molar-refractivity contribution in [3.63, 3.8) is 0 Å². The molecule has 1 aliphatic rings. The molecule has 0 aliphatic carbocycles. The average Bonchev–Trinajstić information content (AvgIpc) is 2.43. The highest BCUT2D eigenvalue weighted by molar-refractivity contribution is 5.60. The molecule has 1 aliphatic heterocycles. The Morgan fingerprint density at radius 1 is 1.00 bits per heavy atom. The molecule has 0 atom stereocenters. The number of halogens is 2. The summed E-state index contributed by atoms with van der Waals surface area (Å²) in [5.41, 5.74) is 3.39. The van der Waals surface area contributed by atoms with Crippen LogP contribution in [0.15, 0.2) is 36.4 Å². The third kappa shape index (κ3) is 2.33. The van der Waals surface area contributed by atoms with Crippen LogP contribution in [-0.4, -0.2) is 6.54 Å². The van der Waals surface area contributed by atoms with E-state index in [0.717, 1.165) is 30.6 Å². The molecule has 98 valence electrons. The molecule has 0 amide bonds. The summed E-state index contributed by atoms with van der Waals surface area (Å²) in [6.07, 6.45) is 2.41. The highest BCUT2D eigenvalue weighted by atomic mass is 19.1. The lowest BCUT2D eigenvalue weighted by atomic mass is 9.95. The smallest absolute Gasteiger partial charge is 0.129 e. The third-order valence-electron chi connectivity index (χ3n) is 3.59. The lowest BCUT2D eigenvalue weighted by Crippen LogP contribution is -2.14. The number of para-hydroxylation sites is 1. The van der Waals surface area contributed by atoms with Crippen LogP contribution in [0.25, 0.3) is 0 Å². The van der Waals surface area contributed by atoms with E-state index in [9.17, 15) is 8.78 Å². The first-order chi connectivity index (χ1) is 9.25. The average molecular weight is 259 g/mol. The quantitative estimate of drug-likeness (QED) is 0.862. The molecule has 1 N–H and O–H groups in total. The molecule has 3 heteroatoms. The van der Waals surface area contributed by atoms with Crippen molar-refractivity contribution >= 4 is 5.69 Å². The molecular weight excluding hydrogens is 244 g/mol. The van der Waals surface area contributed by atoms with Crippen molar-refractivity contribution < 1.29 is 8.78 Å². The minimum Gasteiger partial charge on any atom is -0.385 e. The molecule has 3 rings (SSSR count). The molecule has 2 aromatic rings. The van der Waals surface area contributed by atoms with Gasteiger partial charge in [0, 0.05) is 24.2 Å². The van der Waals surface area contributed by atoms with Crippen LogP contribution in [0.3, 0.4) is 0 Å². The van der Waals surface area contributed by atoms with Crippen LogP contribution in [0.4, 0.5) is 14.5 Å². The SMILES string of the molecule is Fc1cccc(F)c1Cc1cccc2c1NCCC2. The first-order valence-electron chi connectivity index (χ1n) is 6.53. The summed E-state index contributed by atoms with van der Waals surface area (Å²) in [6.45, 7) is 0.920. The Morgan fingerprint density at radius 3 is 2.53 bits per heavy atom. The van der Waals surface area contributed by atoms with Crippen LogP contribution in [0.5, 0.6) is 0 Å². The normalized spacial score (nSPS) is 13.8. The van der Waals surface area contributed by atoms with E-state index >= 15 is 0 Å². The second-order valence-electron chi connectivity index (χ2n) is 4.86. The van der Waals surface area contributed by atoms with E-state index in [0.29, 0.717) is 0 Å². The summed E-state index contributed by atoms with van der Waals surface area (Å²) in [6, 6.07) is 9.97. The number of rotatable bonds is 2. The maximum absolute atomic E-state index is 13.7. The van der Waals surface area contributed by atoms with Gasteiger partial charge >= 0.3 is 0 Å². The van der Waals surface area contributed by atoms with Crippen LogP contribution in [0, 0.1) is 11.6 Å². The highest BCUT2D eigenvalue weighted by Gasteiger charge is 2.15. The fraction of sp³-hybridized carbons (Fsp3) is 0.250. The van der Waals surface area contributed by atoms with E-state index in [2.05, 4.69) is 11.4 Å². The first-order valence-corrected chi connectivity index (χ1v) is 6.53. The Kier molecular flexibility index (Phi) is 3.20. The van der Waals surface area contributed by atoms with Crippen molar-refractivity contribution in [2.75, 3.05) is 11.9 Å². The van der Waals surface area contributed by atoms with Gasteiger partial charge in [-0.3, -0.25) is 0 Å². The molecule has 0 saturated carbocycles. The topological polar surface area (TPSA) is 12.0 Å². The van der Waals surface area contributed by atoms with Gasteiger partial charge in [0.05, 0.1) is 0 Å². The Bertz CT molecular complexity index is 587. The summed E-state index contributed by atoms with van der Waals surface area (Å²) >= 11 is 0. The number of hydrogen-bond donors (Lipinski definition) is 1. The van der Waals surface area contributed by atoms with Crippen LogP contribution in [0.1, 0.15) is 23.1 Å². The zero-order chi connectivity index (χ0) is 13.2. The van der Waals surface area contributed by atoms with E-state index in [1.165, 1.54) is 23.8 Å². The molecule has 0 aromatic heterocycles. The zero-order valence-electron chi connectivity index (χ0n) is 10.5. The summed E-state index contributed by atoms with van der Waals surface area (Å²) in [5, 5.41) is 3.35. The minimum atomic E-state index is -0.478. The molecule has 0 unspecified atom stereocenters. The molecule has 0 bridgehead atoms. The number of nitrogens with one attached hydrogen (secondary N) is 1. The number of fused-ring (bicyclic) bond motifs is 1. The predicted octanol–water partition coefficient (Wildman–Crippen LogP) is 3.91. The van der Waals surface area contributed by atoms with Gasteiger partial charge in [-0.05, 0) is 36.1 Å². The van der Waals surface area contributed by atoms with E-state index in [4.69, 9.17) is 0 Å². The Labute approximate surface area is 111 Å². The van der Waals surface area contributed by atoms with Crippen molar-refractivity contribution in [3.05, 3.63) is 64.7 Å². The number of benzene rings is 2. The summed E-state index contributed by atoms with van der Waals surface area (Å²) in [4.78, 5) is 0. The van der Waals surface area contributed by atoms with Crippen LogP contribution in [-0.2, 0) is 12.8 Å². The maximum atomic E-state index is 13.7. The zero-order valence-corrected chi connectivity index (χ0v) is 10.5. The molecular formula is C16H15F2N. The van der Waals surface area contributed by atoms with E-state index in [1.807, 2.05) is 12.1 Å². The van der Waals surface area contributed by atoms with Crippen LogP contribution < -0.4 is 5.32 Å². The molecule has 0 fully saturated rings. The summed E-state index contributed by atoms with van der Waals surface area (Å²) in [7, 11) is 0. The van der Waals surface area contributed by atoms with Gasteiger partial charge in [-0.25, -0.2) is 8.78 Å². The highest BCUT2D eigenvalue weighted by Crippen LogP contribution is 2.29. The van der Waals surface area contributed by atoms with Crippen molar-refractivity contribution in [2.45, 2.75) is 19.3 Å².